The highest BCUT2D eigenvalue weighted by Crippen LogP contribution is 2.40. The first kappa shape index (κ1) is 15.6. The van der Waals surface area contributed by atoms with E-state index in [-0.39, 0.29) is 24.0 Å². The molecular formula is C11H19IN4OS. The van der Waals surface area contributed by atoms with Gasteiger partial charge in [-0.05, 0) is 12.8 Å². The molecule has 0 radical (unpaired) electrons. The molecule has 1 saturated carbocycles. The maximum absolute atomic E-state index is 5.70. The smallest absolute Gasteiger partial charge is 0.189 e. The van der Waals surface area contributed by atoms with E-state index in [1.165, 1.54) is 18.5 Å². The first-order valence-corrected chi connectivity index (χ1v) is 6.64. The Kier molecular flexibility index (Phi) is 6.87. The summed E-state index contributed by atoms with van der Waals surface area (Å²) in [6.45, 7) is 1.86. The van der Waals surface area contributed by atoms with Gasteiger partial charge in [0.15, 0.2) is 5.96 Å². The standard InChI is InChI=1S/C11H18N4OS.HI/c1-16-5-4-13-11(12)14-6-10-15-9(7-17-10)8-2-3-8;/h7-8H,2-6H2,1H3,(H3,12,13,14);1H. The van der Waals surface area contributed by atoms with Gasteiger partial charge < -0.3 is 15.8 Å². The highest BCUT2D eigenvalue weighted by atomic mass is 127. The number of methoxy groups -OCH3 is 1. The van der Waals surface area contributed by atoms with Gasteiger partial charge in [0.05, 0.1) is 18.8 Å². The SMILES string of the molecule is COCCNC(N)=NCc1nc(C2CC2)cs1.I. The minimum atomic E-state index is 0. The number of guanidine groups is 1. The lowest BCUT2D eigenvalue weighted by molar-refractivity contribution is 0.204. The minimum absolute atomic E-state index is 0. The quantitative estimate of drug-likeness (QED) is 0.340. The summed E-state index contributed by atoms with van der Waals surface area (Å²) in [6.07, 6.45) is 2.57. The van der Waals surface area contributed by atoms with Crippen molar-refractivity contribution in [1.82, 2.24) is 10.3 Å². The molecular weight excluding hydrogens is 363 g/mol. The second kappa shape index (κ2) is 7.90. The summed E-state index contributed by atoms with van der Waals surface area (Å²) in [5, 5.41) is 6.14. The molecule has 0 saturated heterocycles. The number of nitrogens with one attached hydrogen (secondary N) is 1. The Hall–Kier alpha value is -0.410. The van der Waals surface area contributed by atoms with Crippen LogP contribution in [0.15, 0.2) is 10.4 Å². The monoisotopic (exact) mass is 382 g/mol. The molecule has 1 aromatic heterocycles. The van der Waals surface area contributed by atoms with Crippen LogP contribution in [0, 0.1) is 0 Å². The zero-order chi connectivity index (χ0) is 12.1. The van der Waals surface area contributed by atoms with Gasteiger partial charge in [-0.15, -0.1) is 35.3 Å². The average molecular weight is 382 g/mol. The van der Waals surface area contributed by atoms with Crippen molar-refractivity contribution in [1.29, 1.82) is 0 Å². The summed E-state index contributed by atoms with van der Waals surface area (Å²) >= 11 is 1.66. The molecule has 7 heteroatoms. The zero-order valence-corrected chi connectivity index (χ0v) is 13.5. The molecule has 1 aromatic rings. The molecule has 18 heavy (non-hydrogen) atoms. The van der Waals surface area contributed by atoms with Crippen LogP contribution in [0.5, 0.6) is 0 Å². The summed E-state index contributed by atoms with van der Waals surface area (Å²) in [6, 6.07) is 0. The van der Waals surface area contributed by atoms with Crippen LogP contribution in [0.4, 0.5) is 0 Å². The molecule has 0 atom stereocenters. The fourth-order valence-electron chi connectivity index (χ4n) is 1.45. The number of aliphatic imine (C=N–C) groups is 1. The number of rotatable bonds is 6. The largest absolute Gasteiger partial charge is 0.383 e. The fraction of sp³-hybridized carbons (Fsp3) is 0.636. The molecule has 0 aromatic carbocycles. The number of ether oxygens (including phenoxy) is 1. The normalized spacial score (nSPS) is 15.3. The van der Waals surface area contributed by atoms with Crippen molar-refractivity contribution in [3.8, 4) is 0 Å². The Morgan fingerprint density at radius 1 is 1.67 bits per heavy atom. The van der Waals surface area contributed by atoms with Crippen molar-refractivity contribution in [3.05, 3.63) is 16.1 Å². The maximum atomic E-state index is 5.70. The van der Waals surface area contributed by atoms with Crippen LogP contribution in [0.25, 0.3) is 0 Å². The van der Waals surface area contributed by atoms with Crippen molar-refractivity contribution in [2.24, 2.45) is 10.7 Å². The van der Waals surface area contributed by atoms with E-state index >= 15 is 0 Å². The van der Waals surface area contributed by atoms with Crippen LogP contribution in [0.1, 0.15) is 29.5 Å². The molecule has 5 nitrogen and oxygen atoms in total. The molecule has 0 spiro atoms. The molecule has 0 aliphatic heterocycles. The summed E-state index contributed by atoms with van der Waals surface area (Å²) in [5.74, 6) is 1.16. The third-order valence-electron chi connectivity index (χ3n) is 2.56. The van der Waals surface area contributed by atoms with E-state index < -0.39 is 0 Å². The van der Waals surface area contributed by atoms with Crippen LogP contribution in [-0.4, -0.2) is 31.2 Å². The van der Waals surface area contributed by atoms with Crippen LogP contribution in [0.2, 0.25) is 0 Å². The number of nitrogens with zero attached hydrogens (tertiary/aromatic N) is 2. The predicted molar refractivity (Wildman–Crippen MR) is 84.7 cm³/mol. The van der Waals surface area contributed by atoms with Gasteiger partial charge >= 0.3 is 0 Å². The summed E-state index contributed by atoms with van der Waals surface area (Å²) in [7, 11) is 1.66. The maximum Gasteiger partial charge on any atom is 0.189 e. The van der Waals surface area contributed by atoms with Gasteiger partial charge in [0.2, 0.25) is 0 Å². The second-order valence-corrected chi connectivity index (χ2v) is 5.00. The van der Waals surface area contributed by atoms with Gasteiger partial charge in [-0.25, -0.2) is 9.98 Å². The average Bonchev–Trinajstić information content (AvgIpc) is 3.07. The van der Waals surface area contributed by atoms with Gasteiger partial charge in [0.25, 0.3) is 0 Å². The van der Waals surface area contributed by atoms with E-state index in [0.717, 1.165) is 5.01 Å². The summed E-state index contributed by atoms with van der Waals surface area (Å²) in [4.78, 5) is 8.78. The Balaban J connectivity index is 0.00000162. The third kappa shape index (κ3) is 5.07. The van der Waals surface area contributed by atoms with Crippen LogP contribution < -0.4 is 11.1 Å². The number of hydrogen-bond donors (Lipinski definition) is 2. The Morgan fingerprint density at radius 2 is 2.44 bits per heavy atom. The lowest BCUT2D eigenvalue weighted by Gasteiger charge is -2.03. The van der Waals surface area contributed by atoms with Crippen molar-refractivity contribution in [3.63, 3.8) is 0 Å². The molecule has 1 aliphatic rings. The molecule has 0 unspecified atom stereocenters. The molecule has 1 aliphatic carbocycles. The van der Waals surface area contributed by atoms with E-state index in [1.54, 1.807) is 18.4 Å². The van der Waals surface area contributed by atoms with E-state index in [9.17, 15) is 0 Å². The van der Waals surface area contributed by atoms with Gasteiger partial charge in [-0.2, -0.15) is 0 Å². The Bertz CT molecular complexity index is 392. The first-order valence-electron chi connectivity index (χ1n) is 5.76. The Labute approximate surface area is 128 Å². The molecule has 1 fully saturated rings. The highest BCUT2D eigenvalue weighted by molar-refractivity contribution is 14.0. The van der Waals surface area contributed by atoms with Crippen molar-refractivity contribution in [2.75, 3.05) is 20.3 Å². The van der Waals surface area contributed by atoms with Crippen molar-refractivity contribution in [2.45, 2.75) is 25.3 Å². The number of aromatic nitrogens is 1. The molecule has 2 rings (SSSR count). The third-order valence-corrected chi connectivity index (χ3v) is 3.41. The van der Waals surface area contributed by atoms with Crippen molar-refractivity contribution >= 4 is 41.3 Å². The summed E-state index contributed by atoms with van der Waals surface area (Å²) < 4.78 is 4.91. The van der Waals surface area contributed by atoms with Gasteiger partial charge in [0, 0.05) is 25.0 Å². The zero-order valence-electron chi connectivity index (χ0n) is 10.4. The number of thiazole rings is 1. The Morgan fingerprint density at radius 3 is 3.11 bits per heavy atom. The second-order valence-electron chi connectivity index (χ2n) is 4.06. The van der Waals surface area contributed by atoms with E-state index in [1.807, 2.05) is 0 Å². The fourth-order valence-corrected chi connectivity index (χ4v) is 2.25. The van der Waals surface area contributed by atoms with Crippen LogP contribution >= 0.6 is 35.3 Å². The molecule has 3 N–H and O–H groups in total. The van der Waals surface area contributed by atoms with Crippen LogP contribution in [0.3, 0.4) is 0 Å². The predicted octanol–water partition coefficient (Wildman–Crippen LogP) is 1.69. The number of nitrogens with two attached hydrogens (primary N) is 1. The summed E-state index contributed by atoms with van der Waals surface area (Å²) in [5.41, 5.74) is 6.93. The van der Waals surface area contributed by atoms with Gasteiger partial charge in [-0.3, -0.25) is 0 Å². The van der Waals surface area contributed by atoms with E-state index in [0.29, 0.717) is 31.6 Å². The topological polar surface area (TPSA) is 72.5 Å². The van der Waals surface area contributed by atoms with Crippen LogP contribution in [-0.2, 0) is 11.3 Å². The number of halogens is 1. The molecule has 1 heterocycles. The minimum Gasteiger partial charge on any atom is -0.383 e. The van der Waals surface area contributed by atoms with Gasteiger partial charge in [-0.1, -0.05) is 0 Å². The lowest BCUT2D eigenvalue weighted by atomic mass is 10.3. The lowest BCUT2D eigenvalue weighted by Crippen LogP contribution is -2.34. The van der Waals surface area contributed by atoms with Gasteiger partial charge in [0.1, 0.15) is 5.01 Å². The van der Waals surface area contributed by atoms with E-state index in [4.69, 9.17) is 10.5 Å². The number of hydrogen-bond acceptors (Lipinski definition) is 4. The molecule has 0 bridgehead atoms. The highest BCUT2D eigenvalue weighted by Gasteiger charge is 2.25. The molecule has 102 valence electrons. The van der Waals surface area contributed by atoms with Crippen molar-refractivity contribution < 1.29 is 4.74 Å². The van der Waals surface area contributed by atoms with E-state index in [2.05, 4.69) is 20.7 Å². The molecule has 0 amide bonds. The first-order chi connectivity index (χ1) is 8.29.